The molecule has 13 heavy (non-hydrogen) atoms. The maximum absolute atomic E-state index is 5.95. The zero-order valence-corrected chi connectivity index (χ0v) is 8.30. The van der Waals surface area contributed by atoms with E-state index in [1.54, 1.807) is 0 Å². The lowest BCUT2D eigenvalue weighted by Crippen LogP contribution is -2.31. The number of nitrogens with two attached hydrogens (primary N) is 1. The Morgan fingerprint density at radius 3 is 2.92 bits per heavy atom. The first-order valence-corrected chi connectivity index (χ1v) is 4.74. The molecule has 2 N–H and O–H groups in total. The molecule has 1 heterocycles. The Hall–Kier alpha value is -0.955. The van der Waals surface area contributed by atoms with E-state index in [1.165, 1.54) is 16.6 Å². The average Bonchev–Trinajstić information content (AvgIpc) is 2.12. The monoisotopic (exact) mass is 174 g/mol. The van der Waals surface area contributed by atoms with Crippen molar-refractivity contribution in [3.8, 4) is 0 Å². The maximum Gasteiger partial charge on any atom is 0.139 e. The molecule has 2 nitrogen and oxygen atoms in total. The van der Waals surface area contributed by atoms with Crippen molar-refractivity contribution < 1.29 is 0 Å². The molecule has 0 aliphatic carbocycles. The topological polar surface area (TPSA) is 29.3 Å². The zero-order valence-electron chi connectivity index (χ0n) is 8.30. The van der Waals surface area contributed by atoms with Gasteiger partial charge in [-0.3, -0.25) is 0 Å². The Bertz CT molecular complexity index is 336. The molecule has 1 aliphatic rings. The number of likely N-dealkylation sites (N-methyl/N-ethyl adjacent to an activating group) is 1. The van der Waals surface area contributed by atoms with Crippen molar-refractivity contribution in [3.63, 3.8) is 0 Å². The quantitative estimate of drug-likeness (QED) is 0.425. The lowest BCUT2D eigenvalue weighted by atomic mass is 9.84. The largest absolute Gasteiger partial charge is 0.398 e. The van der Waals surface area contributed by atoms with Crippen molar-refractivity contribution in [1.29, 1.82) is 0 Å². The molecule has 0 atom stereocenters. The molecule has 1 aliphatic heterocycles. The van der Waals surface area contributed by atoms with Crippen LogP contribution in [0.1, 0.15) is 11.1 Å². The molecule has 0 saturated heterocycles. The van der Waals surface area contributed by atoms with Crippen LogP contribution in [0.25, 0.3) is 0 Å². The van der Waals surface area contributed by atoms with Crippen LogP contribution in [-0.4, -0.2) is 26.3 Å². The van der Waals surface area contributed by atoms with Gasteiger partial charge in [0.05, 0.1) is 0 Å². The van der Waals surface area contributed by atoms with Gasteiger partial charge in [-0.1, -0.05) is 11.5 Å². The highest BCUT2D eigenvalue weighted by molar-refractivity contribution is 6.33. The van der Waals surface area contributed by atoms with Gasteiger partial charge >= 0.3 is 0 Å². The molecule has 0 radical (unpaired) electrons. The number of anilines is 1. The second kappa shape index (κ2) is 3.07. The molecule has 1 aromatic rings. The molecule has 3 heteroatoms. The van der Waals surface area contributed by atoms with Crippen molar-refractivity contribution in [2.75, 3.05) is 19.3 Å². The first kappa shape index (κ1) is 8.63. The Balaban J connectivity index is 2.51. The minimum atomic E-state index is 0.951. The number of rotatable bonds is 0. The van der Waals surface area contributed by atoms with Crippen molar-refractivity contribution >= 4 is 19.0 Å². The second-order valence-electron chi connectivity index (χ2n) is 3.92. The van der Waals surface area contributed by atoms with Gasteiger partial charge in [-0.25, -0.2) is 0 Å². The van der Waals surface area contributed by atoms with Crippen LogP contribution in [0.2, 0.25) is 0 Å². The fraction of sp³-hybridized carbons (Fsp3) is 0.400. The standard InChI is InChI=1S/C10H15BN2/c1-13-5-4-7-8(6-13)10(12)3-2-9(7)11/h2-3H,4-6,11-12H2,1H3. The fourth-order valence-electron chi connectivity index (χ4n) is 2.01. The Morgan fingerprint density at radius 2 is 2.15 bits per heavy atom. The summed E-state index contributed by atoms with van der Waals surface area (Å²) >= 11 is 0. The molecule has 1 aromatic carbocycles. The van der Waals surface area contributed by atoms with Crippen LogP contribution < -0.4 is 11.2 Å². The number of hydrogen-bond donors (Lipinski definition) is 1. The number of hydrogen-bond acceptors (Lipinski definition) is 2. The van der Waals surface area contributed by atoms with Crippen molar-refractivity contribution in [3.05, 3.63) is 23.3 Å². The number of fused-ring (bicyclic) bond motifs is 1. The van der Waals surface area contributed by atoms with E-state index >= 15 is 0 Å². The van der Waals surface area contributed by atoms with Crippen LogP contribution >= 0.6 is 0 Å². The summed E-state index contributed by atoms with van der Waals surface area (Å²) in [4.78, 5) is 2.32. The van der Waals surface area contributed by atoms with Crippen LogP contribution in [0, 0.1) is 0 Å². The van der Waals surface area contributed by atoms with E-state index < -0.39 is 0 Å². The van der Waals surface area contributed by atoms with E-state index in [4.69, 9.17) is 5.73 Å². The van der Waals surface area contributed by atoms with Crippen molar-refractivity contribution in [1.82, 2.24) is 4.90 Å². The SMILES string of the molecule is Bc1ccc(N)c2c1CCN(C)C2. The van der Waals surface area contributed by atoms with E-state index in [-0.39, 0.29) is 0 Å². The third-order valence-corrected chi connectivity index (χ3v) is 2.87. The summed E-state index contributed by atoms with van der Waals surface area (Å²) in [5, 5.41) is 0. The van der Waals surface area contributed by atoms with Gasteiger partial charge in [-0.2, -0.15) is 0 Å². The van der Waals surface area contributed by atoms with Gasteiger partial charge in [-0.05, 0) is 30.7 Å². The molecule has 68 valence electrons. The molecular formula is C10H15BN2. The summed E-state index contributed by atoms with van der Waals surface area (Å²) in [5.74, 6) is 0. The summed E-state index contributed by atoms with van der Waals surface area (Å²) < 4.78 is 0. The van der Waals surface area contributed by atoms with Gasteiger partial charge in [0.25, 0.3) is 0 Å². The van der Waals surface area contributed by atoms with Crippen LogP contribution in [-0.2, 0) is 13.0 Å². The van der Waals surface area contributed by atoms with Crippen molar-refractivity contribution in [2.45, 2.75) is 13.0 Å². The Morgan fingerprint density at radius 1 is 1.38 bits per heavy atom. The predicted octanol–water partition coefficient (Wildman–Crippen LogP) is -0.485. The maximum atomic E-state index is 5.95. The van der Waals surface area contributed by atoms with E-state index in [0.29, 0.717) is 0 Å². The zero-order chi connectivity index (χ0) is 9.42. The predicted molar refractivity (Wildman–Crippen MR) is 59.1 cm³/mol. The van der Waals surface area contributed by atoms with Gasteiger partial charge in [-0.15, -0.1) is 0 Å². The average molecular weight is 174 g/mol. The lowest BCUT2D eigenvalue weighted by molar-refractivity contribution is 0.314. The van der Waals surface area contributed by atoms with Gasteiger partial charge in [0.1, 0.15) is 7.85 Å². The summed E-state index contributed by atoms with van der Waals surface area (Å²) in [5.41, 5.74) is 11.1. The first-order valence-electron chi connectivity index (χ1n) is 4.74. The van der Waals surface area contributed by atoms with Crippen molar-refractivity contribution in [2.24, 2.45) is 0 Å². The Labute approximate surface area is 80.1 Å². The molecule has 0 bridgehead atoms. The summed E-state index contributed by atoms with van der Waals surface area (Å²) in [6.45, 7) is 2.15. The van der Waals surface area contributed by atoms with Gasteiger partial charge in [0.2, 0.25) is 0 Å². The number of benzene rings is 1. The van der Waals surface area contributed by atoms with E-state index in [2.05, 4.69) is 25.9 Å². The van der Waals surface area contributed by atoms with Gasteiger partial charge in [0.15, 0.2) is 0 Å². The second-order valence-corrected chi connectivity index (χ2v) is 3.92. The van der Waals surface area contributed by atoms with Crippen LogP contribution in [0.5, 0.6) is 0 Å². The molecule has 0 saturated carbocycles. The van der Waals surface area contributed by atoms with Gasteiger partial charge in [0, 0.05) is 18.8 Å². The number of nitrogen functional groups attached to an aromatic ring is 1. The van der Waals surface area contributed by atoms with Crippen LogP contribution in [0.15, 0.2) is 12.1 Å². The fourth-order valence-corrected chi connectivity index (χ4v) is 2.01. The Kier molecular flexibility index (Phi) is 2.04. The summed E-state index contributed by atoms with van der Waals surface area (Å²) in [6, 6.07) is 4.15. The summed E-state index contributed by atoms with van der Waals surface area (Å²) in [7, 11) is 4.31. The third kappa shape index (κ3) is 1.44. The minimum absolute atomic E-state index is 0.951. The highest BCUT2D eigenvalue weighted by Gasteiger charge is 2.16. The molecular weight excluding hydrogens is 159 g/mol. The smallest absolute Gasteiger partial charge is 0.139 e. The van der Waals surface area contributed by atoms with Crippen LogP contribution in [0.4, 0.5) is 5.69 Å². The normalized spacial score (nSPS) is 17.0. The van der Waals surface area contributed by atoms with E-state index in [0.717, 1.165) is 25.2 Å². The first-order chi connectivity index (χ1) is 6.18. The molecule has 0 aromatic heterocycles. The molecule has 0 amide bonds. The number of nitrogens with zero attached hydrogens (tertiary/aromatic N) is 1. The van der Waals surface area contributed by atoms with Crippen LogP contribution in [0.3, 0.4) is 0 Å². The minimum Gasteiger partial charge on any atom is -0.398 e. The highest BCUT2D eigenvalue weighted by atomic mass is 15.1. The van der Waals surface area contributed by atoms with E-state index in [9.17, 15) is 0 Å². The third-order valence-electron chi connectivity index (χ3n) is 2.87. The molecule has 0 spiro atoms. The highest BCUT2D eigenvalue weighted by Crippen LogP contribution is 2.21. The van der Waals surface area contributed by atoms with E-state index in [1.807, 2.05) is 6.07 Å². The molecule has 0 fully saturated rings. The molecule has 0 unspecified atom stereocenters. The lowest BCUT2D eigenvalue weighted by Gasteiger charge is -2.27. The summed E-state index contributed by atoms with van der Waals surface area (Å²) in [6.07, 6.45) is 1.14. The molecule has 2 rings (SSSR count). The van der Waals surface area contributed by atoms with Gasteiger partial charge < -0.3 is 10.6 Å².